The number of halogens is 1. The van der Waals surface area contributed by atoms with Gasteiger partial charge in [-0.05, 0) is 44.0 Å². The van der Waals surface area contributed by atoms with Crippen molar-refractivity contribution in [1.82, 2.24) is 9.55 Å². The Labute approximate surface area is 113 Å². The van der Waals surface area contributed by atoms with Crippen LogP contribution in [0.15, 0.2) is 24.4 Å². The molecular weight excluding hydrogens is 241 g/mol. The van der Waals surface area contributed by atoms with Gasteiger partial charge in [-0.3, -0.25) is 0 Å². The minimum absolute atomic E-state index is 0.184. The molecule has 2 rings (SSSR count). The van der Waals surface area contributed by atoms with Crippen molar-refractivity contribution in [3.05, 3.63) is 41.5 Å². The third kappa shape index (κ3) is 3.34. The van der Waals surface area contributed by atoms with Gasteiger partial charge in [0.1, 0.15) is 5.82 Å². The number of unbranched alkanes of at least 4 members (excludes halogenated alkanes) is 1. The molecular formula is C15H20FN3. The van der Waals surface area contributed by atoms with Crippen molar-refractivity contribution >= 4 is 11.6 Å². The Morgan fingerprint density at radius 2 is 2.11 bits per heavy atom. The molecule has 0 amide bonds. The lowest BCUT2D eigenvalue weighted by Gasteiger charge is -2.10. The van der Waals surface area contributed by atoms with Crippen molar-refractivity contribution in [3.63, 3.8) is 0 Å². The zero-order valence-corrected chi connectivity index (χ0v) is 11.7. The SMILES string of the molecule is CCCCn1cc(C)nc1Nc1ccc(F)c(C)c1. The highest BCUT2D eigenvalue weighted by molar-refractivity contribution is 5.55. The Hall–Kier alpha value is -1.84. The predicted molar refractivity (Wildman–Crippen MR) is 76.3 cm³/mol. The minimum Gasteiger partial charge on any atom is -0.326 e. The van der Waals surface area contributed by atoms with Gasteiger partial charge in [0, 0.05) is 18.4 Å². The van der Waals surface area contributed by atoms with Gasteiger partial charge >= 0.3 is 0 Å². The average Bonchev–Trinajstić information content (AvgIpc) is 2.71. The fourth-order valence-corrected chi connectivity index (χ4v) is 2.00. The molecule has 1 N–H and O–H groups in total. The van der Waals surface area contributed by atoms with Gasteiger partial charge in [0.2, 0.25) is 5.95 Å². The lowest BCUT2D eigenvalue weighted by Crippen LogP contribution is -2.03. The molecule has 2 aromatic rings. The van der Waals surface area contributed by atoms with Gasteiger partial charge in [-0.25, -0.2) is 9.37 Å². The summed E-state index contributed by atoms with van der Waals surface area (Å²) in [6.45, 7) is 6.85. The standard InChI is InChI=1S/C15H20FN3/c1-4-5-8-19-10-12(3)17-15(19)18-13-6-7-14(16)11(2)9-13/h6-7,9-10H,4-5,8H2,1-3H3,(H,17,18). The van der Waals surface area contributed by atoms with Crippen LogP contribution in [0.1, 0.15) is 31.0 Å². The largest absolute Gasteiger partial charge is 0.326 e. The molecule has 0 atom stereocenters. The van der Waals surface area contributed by atoms with E-state index in [1.807, 2.05) is 13.1 Å². The van der Waals surface area contributed by atoms with E-state index in [1.165, 1.54) is 6.07 Å². The normalized spacial score (nSPS) is 10.7. The van der Waals surface area contributed by atoms with Crippen molar-refractivity contribution in [1.29, 1.82) is 0 Å². The van der Waals surface area contributed by atoms with Crippen LogP contribution in [0.2, 0.25) is 0 Å². The molecule has 0 saturated carbocycles. The molecule has 1 aromatic heterocycles. The van der Waals surface area contributed by atoms with Crippen LogP contribution in [0.3, 0.4) is 0 Å². The van der Waals surface area contributed by atoms with Crippen molar-refractivity contribution in [2.75, 3.05) is 5.32 Å². The maximum absolute atomic E-state index is 13.2. The van der Waals surface area contributed by atoms with Gasteiger partial charge in [-0.2, -0.15) is 0 Å². The molecule has 0 aliphatic carbocycles. The molecule has 19 heavy (non-hydrogen) atoms. The molecule has 0 bridgehead atoms. The molecule has 0 spiro atoms. The van der Waals surface area contributed by atoms with Crippen LogP contribution in [-0.2, 0) is 6.54 Å². The Morgan fingerprint density at radius 1 is 1.32 bits per heavy atom. The van der Waals surface area contributed by atoms with Gasteiger partial charge in [0.15, 0.2) is 0 Å². The number of aromatic nitrogens is 2. The number of hydrogen-bond acceptors (Lipinski definition) is 2. The van der Waals surface area contributed by atoms with E-state index >= 15 is 0 Å². The second-order valence-corrected chi connectivity index (χ2v) is 4.84. The smallest absolute Gasteiger partial charge is 0.207 e. The summed E-state index contributed by atoms with van der Waals surface area (Å²) in [6, 6.07) is 5.00. The quantitative estimate of drug-likeness (QED) is 0.875. The first kappa shape index (κ1) is 13.6. The highest BCUT2D eigenvalue weighted by Gasteiger charge is 2.06. The summed E-state index contributed by atoms with van der Waals surface area (Å²) in [6.07, 6.45) is 4.30. The summed E-state index contributed by atoms with van der Waals surface area (Å²) in [5.74, 6) is 0.632. The number of imidazole rings is 1. The average molecular weight is 261 g/mol. The minimum atomic E-state index is -0.184. The fraction of sp³-hybridized carbons (Fsp3) is 0.400. The van der Waals surface area contributed by atoms with Crippen molar-refractivity contribution in [3.8, 4) is 0 Å². The third-order valence-electron chi connectivity index (χ3n) is 3.06. The maximum atomic E-state index is 13.2. The van der Waals surface area contributed by atoms with E-state index in [1.54, 1.807) is 19.1 Å². The molecule has 0 fully saturated rings. The van der Waals surface area contributed by atoms with E-state index in [2.05, 4.69) is 21.8 Å². The van der Waals surface area contributed by atoms with Gasteiger partial charge in [0.05, 0.1) is 5.69 Å². The Kier molecular flexibility index (Phi) is 4.20. The predicted octanol–water partition coefficient (Wildman–Crippen LogP) is 4.18. The third-order valence-corrected chi connectivity index (χ3v) is 3.06. The highest BCUT2D eigenvalue weighted by atomic mass is 19.1. The molecule has 0 aliphatic rings. The number of hydrogen-bond donors (Lipinski definition) is 1. The zero-order chi connectivity index (χ0) is 13.8. The number of nitrogens with one attached hydrogen (secondary N) is 1. The highest BCUT2D eigenvalue weighted by Crippen LogP contribution is 2.19. The van der Waals surface area contributed by atoms with Crippen LogP contribution in [0.25, 0.3) is 0 Å². The van der Waals surface area contributed by atoms with Crippen molar-refractivity contribution in [2.24, 2.45) is 0 Å². The topological polar surface area (TPSA) is 29.9 Å². The molecule has 3 nitrogen and oxygen atoms in total. The van der Waals surface area contributed by atoms with Crippen LogP contribution in [0.4, 0.5) is 16.0 Å². The molecule has 1 heterocycles. The Balaban J connectivity index is 2.19. The van der Waals surface area contributed by atoms with Gasteiger partial charge < -0.3 is 9.88 Å². The van der Waals surface area contributed by atoms with E-state index < -0.39 is 0 Å². The summed E-state index contributed by atoms with van der Waals surface area (Å²) in [5, 5.41) is 3.26. The van der Waals surface area contributed by atoms with Crippen LogP contribution in [-0.4, -0.2) is 9.55 Å². The Morgan fingerprint density at radius 3 is 2.79 bits per heavy atom. The second-order valence-electron chi connectivity index (χ2n) is 4.84. The first-order chi connectivity index (χ1) is 9.10. The number of benzene rings is 1. The van der Waals surface area contributed by atoms with Crippen molar-refractivity contribution < 1.29 is 4.39 Å². The maximum Gasteiger partial charge on any atom is 0.207 e. The zero-order valence-electron chi connectivity index (χ0n) is 11.7. The molecule has 102 valence electrons. The molecule has 0 unspecified atom stereocenters. The van der Waals surface area contributed by atoms with E-state index in [0.717, 1.165) is 36.7 Å². The lowest BCUT2D eigenvalue weighted by atomic mass is 10.2. The summed E-state index contributed by atoms with van der Waals surface area (Å²) in [7, 11) is 0. The second kappa shape index (κ2) is 5.87. The van der Waals surface area contributed by atoms with Crippen molar-refractivity contribution in [2.45, 2.75) is 40.2 Å². The van der Waals surface area contributed by atoms with E-state index in [-0.39, 0.29) is 5.82 Å². The number of anilines is 2. The van der Waals surface area contributed by atoms with E-state index in [9.17, 15) is 4.39 Å². The molecule has 0 saturated heterocycles. The monoisotopic (exact) mass is 261 g/mol. The van der Waals surface area contributed by atoms with Gasteiger partial charge in [0.25, 0.3) is 0 Å². The number of nitrogens with zero attached hydrogens (tertiary/aromatic N) is 2. The summed E-state index contributed by atoms with van der Waals surface area (Å²) in [5.41, 5.74) is 2.48. The van der Waals surface area contributed by atoms with E-state index in [4.69, 9.17) is 0 Å². The first-order valence-electron chi connectivity index (χ1n) is 6.67. The first-order valence-corrected chi connectivity index (χ1v) is 6.67. The molecule has 4 heteroatoms. The summed E-state index contributed by atoms with van der Waals surface area (Å²) >= 11 is 0. The van der Waals surface area contributed by atoms with E-state index in [0.29, 0.717) is 5.56 Å². The summed E-state index contributed by atoms with van der Waals surface area (Å²) < 4.78 is 15.3. The van der Waals surface area contributed by atoms with Crippen LogP contribution in [0, 0.1) is 19.7 Å². The van der Waals surface area contributed by atoms with Gasteiger partial charge in [-0.15, -0.1) is 0 Å². The fourth-order valence-electron chi connectivity index (χ4n) is 2.00. The van der Waals surface area contributed by atoms with Crippen LogP contribution < -0.4 is 5.32 Å². The summed E-state index contributed by atoms with van der Waals surface area (Å²) in [4.78, 5) is 4.47. The van der Waals surface area contributed by atoms with Gasteiger partial charge in [-0.1, -0.05) is 13.3 Å². The van der Waals surface area contributed by atoms with Crippen LogP contribution >= 0.6 is 0 Å². The molecule has 0 aliphatic heterocycles. The molecule has 0 radical (unpaired) electrons. The molecule has 1 aromatic carbocycles. The number of aryl methyl sites for hydroxylation is 3. The van der Waals surface area contributed by atoms with Crippen LogP contribution in [0.5, 0.6) is 0 Å². The Bertz CT molecular complexity index is 561. The number of rotatable bonds is 5. The lowest BCUT2D eigenvalue weighted by molar-refractivity contribution is 0.618.